The molecule has 1 heterocycles. The molecule has 3 rings (SSSR count). The molecule has 1 fully saturated rings. The molecule has 2 N–H and O–H groups in total. The molecule has 6 nitrogen and oxygen atoms in total. The van der Waals surface area contributed by atoms with Gasteiger partial charge in [0.15, 0.2) is 0 Å². The number of benzene rings is 2. The number of rotatable bonds is 6. The van der Waals surface area contributed by atoms with Crippen molar-refractivity contribution >= 4 is 37.5 Å². The van der Waals surface area contributed by atoms with E-state index in [9.17, 15) is 13.2 Å². The van der Waals surface area contributed by atoms with E-state index in [1.165, 1.54) is 0 Å². The highest BCUT2D eigenvalue weighted by atomic mass is 79.9. The van der Waals surface area contributed by atoms with Crippen LogP contribution >= 0.6 is 15.9 Å². The number of carbonyl (C=O) groups excluding carboxylic acids is 1. The van der Waals surface area contributed by atoms with Crippen LogP contribution in [0.15, 0.2) is 53.0 Å². The Kier molecular flexibility index (Phi) is 6.65. The van der Waals surface area contributed by atoms with Crippen LogP contribution in [0.2, 0.25) is 0 Å². The Hall–Kier alpha value is -1.90. The molecule has 1 atom stereocenters. The van der Waals surface area contributed by atoms with Gasteiger partial charge in [-0.25, -0.2) is 8.42 Å². The number of nitrogens with one attached hydrogen (secondary N) is 2. The van der Waals surface area contributed by atoms with Crippen LogP contribution in [-0.4, -0.2) is 33.8 Å². The Morgan fingerprint density at radius 3 is 2.41 bits per heavy atom. The van der Waals surface area contributed by atoms with Gasteiger partial charge in [0.1, 0.15) is 0 Å². The summed E-state index contributed by atoms with van der Waals surface area (Å²) < 4.78 is 31.9. The van der Waals surface area contributed by atoms with E-state index in [-0.39, 0.29) is 11.9 Å². The van der Waals surface area contributed by atoms with Crippen molar-refractivity contribution in [3.63, 3.8) is 0 Å². The van der Waals surface area contributed by atoms with Gasteiger partial charge in [-0.3, -0.25) is 9.52 Å². The number of sulfonamides is 1. The lowest BCUT2D eigenvalue weighted by molar-refractivity contribution is -0.131. The lowest BCUT2D eigenvalue weighted by Gasteiger charge is -2.37. The minimum Gasteiger partial charge on any atom is -0.381 e. The van der Waals surface area contributed by atoms with Gasteiger partial charge in [-0.15, -0.1) is 0 Å². The number of halogens is 1. The van der Waals surface area contributed by atoms with Crippen LogP contribution < -0.4 is 10.0 Å². The van der Waals surface area contributed by atoms with E-state index < -0.39 is 15.4 Å². The zero-order valence-corrected chi connectivity index (χ0v) is 18.8. The van der Waals surface area contributed by atoms with E-state index in [2.05, 4.69) is 26.0 Å². The summed E-state index contributed by atoms with van der Waals surface area (Å²) in [5.74, 6) is -0.0444. The molecule has 1 aliphatic rings. The van der Waals surface area contributed by atoms with Crippen LogP contribution in [0.1, 0.15) is 36.9 Å². The molecule has 0 radical (unpaired) electrons. The Labute approximate surface area is 180 Å². The molecule has 2 aromatic rings. The summed E-state index contributed by atoms with van der Waals surface area (Å²) in [5.41, 5.74) is 1.63. The highest BCUT2D eigenvalue weighted by molar-refractivity contribution is 9.10. The van der Waals surface area contributed by atoms with E-state index in [1.54, 1.807) is 18.2 Å². The van der Waals surface area contributed by atoms with Crippen molar-refractivity contribution in [2.75, 3.05) is 24.2 Å². The van der Waals surface area contributed by atoms with Crippen molar-refractivity contribution in [1.29, 1.82) is 0 Å². The number of amides is 1. The molecule has 8 heteroatoms. The van der Waals surface area contributed by atoms with Gasteiger partial charge in [0.25, 0.3) is 0 Å². The fourth-order valence-corrected chi connectivity index (χ4v) is 4.46. The molecule has 0 saturated carbocycles. The third-order valence-corrected chi connectivity index (χ3v) is 6.35. The van der Waals surface area contributed by atoms with E-state index in [0.717, 1.165) is 21.9 Å². The summed E-state index contributed by atoms with van der Waals surface area (Å²) in [5, 5.41) is 3.13. The van der Waals surface area contributed by atoms with Gasteiger partial charge in [-0.1, -0.05) is 40.2 Å². The molecule has 0 spiro atoms. The maximum atomic E-state index is 13.4. The molecule has 1 saturated heterocycles. The molecule has 156 valence electrons. The third kappa shape index (κ3) is 5.38. The largest absolute Gasteiger partial charge is 0.381 e. The van der Waals surface area contributed by atoms with Gasteiger partial charge in [0, 0.05) is 23.4 Å². The van der Waals surface area contributed by atoms with Crippen LogP contribution in [0, 0.1) is 0 Å². The first-order valence-electron chi connectivity index (χ1n) is 9.42. The van der Waals surface area contributed by atoms with Gasteiger partial charge in [0.2, 0.25) is 15.9 Å². The summed E-state index contributed by atoms with van der Waals surface area (Å²) in [6, 6.07) is 14.6. The summed E-state index contributed by atoms with van der Waals surface area (Å²) in [6.07, 6.45) is 2.34. The van der Waals surface area contributed by atoms with Crippen LogP contribution in [0.4, 0.5) is 5.69 Å². The number of ether oxygens (including phenoxy) is 1. The van der Waals surface area contributed by atoms with Crippen molar-refractivity contribution < 1.29 is 17.9 Å². The molecule has 2 aromatic carbocycles. The highest BCUT2D eigenvalue weighted by Gasteiger charge is 2.42. The number of hydrogen-bond acceptors (Lipinski definition) is 4. The predicted molar refractivity (Wildman–Crippen MR) is 117 cm³/mol. The summed E-state index contributed by atoms with van der Waals surface area (Å²) in [7, 11) is -3.36. The molecule has 1 unspecified atom stereocenters. The zero-order valence-electron chi connectivity index (χ0n) is 16.4. The van der Waals surface area contributed by atoms with Gasteiger partial charge in [-0.05, 0) is 55.2 Å². The molecule has 29 heavy (non-hydrogen) atoms. The van der Waals surface area contributed by atoms with Gasteiger partial charge < -0.3 is 10.1 Å². The maximum Gasteiger partial charge on any atom is 0.231 e. The monoisotopic (exact) mass is 480 g/mol. The Bertz CT molecular complexity index is 970. The zero-order chi connectivity index (χ0) is 21.1. The minimum atomic E-state index is -3.36. The second-order valence-corrected chi connectivity index (χ2v) is 10.1. The van der Waals surface area contributed by atoms with Gasteiger partial charge >= 0.3 is 0 Å². The standard InChI is InChI=1S/C21H25BrN2O4S/c1-15(16-4-3-5-19(14-16)24-29(2,26)27)23-20(25)21(10-12-28-13-11-21)17-6-8-18(22)9-7-17/h3-9,14-15,24H,10-13H2,1-2H3,(H,23,25). The molecule has 1 aliphatic heterocycles. The van der Waals surface area contributed by atoms with E-state index in [4.69, 9.17) is 4.74 Å². The average Bonchev–Trinajstić information content (AvgIpc) is 2.68. The lowest BCUT2D eigenvalue weighted by atomic mass is 9.73. The molecule has 0 aliphatic carbocycles. The second kappa shape index (κ2) is 8.85. The van der Waals surface area contributed by atoms with Crippen molar-refractivity contribution in [3.05, 3.63) is 64.1 Å². The third-order valence-electron chi connectivity index (χ3n) is 5.22. The fraction of sp³-hybridized carbons (Fsp3) is 0.381. The fourth-order valence-electron chi connectivity index (χ4n) is 3.64. The summed E-state index contributed by atoms with van der Waals surface area (Å²) >= 11 is 3.45. The van der Waals surface area contributed by atoms with Crippen molar-refractivity contribution in [2.45, 2.75) is 31.2 Å². The van der Waals surface area contributed by atoms with Crippen LogP contribution in [0.5, 0.6) is 0 Å². The first kappa shape index (κ1) is 21.8. The minimum absolute atomic E-state index is 0.0444. The molecule has 1 amide bonds. The lowest BCUT2D eigenvalue weighted by Crippen LogP contribution is -2.48. The Morgan fingerprint density at radius 2 is 1.79 bits per heavy atom. The van der Waals surface area contributed by atoms with E-state index in [1.807, 2.05) is 37.3 Å². The van der Waals surface area contributed by atoms with Crippen LogP contribution in [0.25, 0.3) is 0 Å². The van der Waals surface area contributed by atoms with Gasteiger partial charge in [-0.2, -0.15) is 0 Å². The molecular formula is C21H25BrN2O4S. The summed E-state index contributed by atoms with van der Waals surface area (Å²) in [4.78, 5) is 13.4. The number of anilines is 1. The average molecular weight is 481 g/mol. The number of carbonyl (C=O) groups is 1. The number of hydrogen-bond donors (Lipinski definition) is 2. The van der Waals surface area contributed by atoms with Crippen LogP contribution in [0.3, 0.4) is 0 Å². The highest BCUT2D eigenvalue weighted by Crippen LogP contribution is 2.36. The Balaban J connectivity index is 1.83. The first-order valence-corrected chi connectivity index (χ1v) is 12.1. The summed E-state index contributed by atoms with van der Waals surface area (Å²) in [6.45, 7) is 2.96. The SMILES string of the molecule is CC(NC(=O)C1(c2ccc(Br)cc2)CCOCC1)c1cccc(NS(C)(=O)=O)c1. The Morgan fingerprint density at radius 1 is 1.14 bits per heavy atom. The molecular weight excluding hydrogens is 456 g/mol. The first-order chi connectivity index (χ1) is 13.7. The maximum absolute atomic E-state index is 13.4. The molecule has 0 bridgehead atoms. The van der Waals surface area contributed by atoms with Gasteiger partial charge in [0.05, 0.1) is 17.7 Å². The second-order valence-electron chi connectivity index (χ2n) is 7.40. The smallest absolute Gasteiger partial charge is 0.231 e. The topological polar surface area (TPSA) is 84.5 Å². The van der Waals surface area contributed by atoms with Crippen molar-refractivity contribution in [2.24, 2.45) is 0 Å². The van der Waals surface area contributed by atoms with Crippen molar-refractivity contribution in [1.82, 2.24) is 5.32 Å². The van der Waals surface area contributed by atoms with Crippen LogP contribution in [-0.2, 0) is 25.0 Å². The van der Waals surface area contributed by atoms with E-state index >= 15 is 0 Å². The predicted octanol–water partition coefficient (Wildman–Crippen LogP) is 3.75. The molecule has 0 aromatic heterocycles. The quantitative estimate of drug-likeness (QED) is 0.659. The van der Waals surface area contributed by atoms with E-state index in [0.29, 0.717) is 31.7 Å². The normalized spacial score (nSPS) is 17.3. The van der Waals surface area contributed by atoms with Crippen molar-refractivity contribution in [3.8, 4) is 0 Å².